The van der Waals surface area contributed by atoms with Crippen molar-refractivity contribution in [1.29, 1.82) is 0 Å². The van der Waals surface area contributed by atoms with Crippen LogP contribution >= 0.6 is 0 Å². The number of hydrogen-bond acceptors (Lipinski definition) is 2. The van der Waals surface area contributed by atoms with Crippen molar-refractivity contribution in [2.45, 2.75) is 0 Å². The van der Waals surface area contributed by atoms with E-state index >= 15 is 0 Å². The zero-order valence-electron chi connectivity index (χ0n) is 27.2. The van der Waals surface area contributed by atoms with Crippen molar-refractivity contribution in [1.82, 2.24) is 19.9 Å². The standard InChI is InChI=1S/C44H30N4.2FH.Mn/c1-5-13-29(14-6-1)41-33-21-23-35(45-33)42(30-15-7-2-8-16-30)37-25-27-39(47-37)44(32-19-11-4-12-20-32)40-28-26-38(48-40)43(31-17-9-3-10-18-31)36-24-22-34(41)46-36;;;/h1-28,45,48H;2*1H;/q;;;+2/p-2. The van der Waals surface area contributed by atoms with Crippen LogP contribution in [0.5, 0.6) is 0 Å². The molecule has 0 saturated heterocycles. The molecule has 7 heteroatoms. The summed E-state index contributed by atoms with van der Waals surface area (Å²) in [6.07, 6.45) is 8.54. The summed E-state index contributed by atoms with van der Waals surface area (Å²) in [5.41, 5.74) is 16.2. The number of fused-ring (bicyclic) bond motifs is 8. The maximum Gasteiger partial charge on any atom is 2.00 e. The van der Waals surface area contributed by atoms with E-state index < -0.39 is 0 Å². The van der Waals surface area contributed by atoms with Gasteiger partial charge in [0.2, 0.25) is 0 Å². The molecule has 0 unspecified atom stereocenters. The zero-order valence-corrected chi connectivity index (χ0v) is 28.4. The molecule has 247 valence electrons. The van der Waals surface area contributed by atoms with Crippen molar-refractivity contribution >= 4 is 46.4 Å². The van der Waals surface area contributed by atoms with Gasteiger partial charge in [-0.25, -0.2) is 9.97 Å². The van der Waals surface area contributed by atoms with Gasteiger partial charge in [-0.3, -0.25) is 0 Å². The quantitative estimate of drug-likeness (QED) is 0.243. The third-order valence-corrected chi connectivity index (χ3v) is 9.00. The van der Waals surface area contributed by atoms with Crippen molar-refractivity contribution in [3.63, 3.8) is 0 Å². The molecule has 9 rings (SSSR count). The number of H-pyrrole nitrogens is 2. The van der Waals surface area contributed by atoms with Crippen molar-refractivity contribution in [2.75, 3.05) is 0 Å². The normalized spacial score (nSPS) is 11.3. The van der Waals surface area contributed by atoms with Crippen molar-refractivity contribution < 1.29 is 26.5 Å². The first-order valence-corrected chi connectivity index (χ1v) is 16.2. The van der Waals surface area contributed by atoms with Crippen LogP contribution in [0.3, 0.4) is 0 Å². The minimum absolute atomic E-state index is 0. The molecule has 5 heterocycles. The Kier molecular flexibility index (Phi) is 10.1. The van der Waals surface area contributed by atoms with Gasteiger partial charge in [0.05, 0.1) is 22.8 Å². The first-order valence-electron chi connectivity index (χ1n) is 16.2. The second-order valence-electron chi connectivity index (χ2n) is 12.0. The van der Waals surface area contributed by atoms with Crippen molar-refractivity contribution in [2.24, 2.45) is 0 Å². The summed E-state index contributed by atoms with van der Waals surface area (Å²) >= 11 is 0. The van der Waals surface area contributed by atoms with E-state index in [1.165, 1.54) is 0 Å². The van der Waals surface area contributed by atoms with E-state index in [4.69, 9.17) is 9.97 Å². The molecule has 51 heavy (non-hydrogen) atoms. The number of rotatable bonds is 4. The molecule has 0 amide bonds. The molecule has 7 aromatic rings. The van der Waals surface area contributed by atoms with Crippen molar-refractivity contribution in [3.05, 3.63) is 168 Å². The number of nitrogens with zero attached hydrogens (tertiary/aromatic N) is 2. The Hall–Kier alpha value is -6.14. The van der Waals surface area contributed by atoms with E-state index in [1.54, 1.807) is 0 Å². The molecule has 2 N–H and O–H groups in total. The molecule has 4 nitrogen and oxygen atoms in total. The molecular weight excluding hydrogens is 677 g/mol. The van der Waals surface area contributed by atoms with Gasteiger partial charge in [-0.2, -0.15) is 0 Å². The predicted molar refractivity (Wildman–Crippen MR) is 201 cm³/mol. The van der Waals surface area contributed by atoms with Crippen LogP contribution in [-0.4, -0.2) is 19.9 Å². The van der Waals surface area contributed by atoms with Crippen LogP contribution in [0.25, 0.3) is 90.9 Å². The summed E-state index contributed by atoms with van der Waals surface area (Å²) in [7, 11) is 0. The second-order valence-corrected chi connectivity index (χ2v) is 12.0. The fourth-order valence-electron chi connectivity index (χ4n) is 6.84. The number of aromatic amines is 2. The zero-order chi connectivity index (χ0) is 31.9. The van der Waals surface area contributed by atoms with Gasteiger partial charge < -0.3 is 19.4 Å². The van der Waals surface area contributed by atoms with Crippen LogP contribution in [0.1, 0.15) is 22.8 Å². The largest absolute Gasteiger partial charge is 2.00 e. The Morgan fingerprint density at radius 3 is 0.725 bits per heavy atom. The fraction of sp³-hybridized carbons (Fsp3) is 0. The SMILES string of the molecule is C1=Cc2nc1c(-c1ccccc1)c1ccc([nH]1)c(-c1ccccc1)c1nc(c(-c3ccccc3)c3ccc([nH]3)c2-c2ccccc2)C=C1.[F-].[F-].[Mn+2]. The van der Waals surface area contributed by atoms with E-state index in [0.29, 0.717) is 0 Å². The summed E-state index contributed by atoms with van der Waals surface area (Å²) in [5.74, 6) is 0. The van der Waals surface area contributed by atoms with Gasteiger partial charge in [0.25, 0.3) is 0 Å². The predicted octanol–water partition coefficient (Wildman–Crippen LogP) is 5.33. The third kappa shape index (κ3) is 6.37. The average molecular weight is 708 g/mol. The van der Waals surface area contributed by atoms with Gasteiger partial charge in [-0.1, -0.05) is 121 Å². The van der Waals surface area contributed by atoms with Crippen LogP contribution in [-0.2, 0) is 17.1 Å². The molecule has 2 aliphatic rings. The van der Waals surface area contributed by atoms with E-state index in [0.717, 1.165) is 89.4 Å². The Morgan fingerprint density at radius 1 is 0.294 bits per heavy atom. The van der Waals surface area contributed by atoms with Crippen molar-refractivity contribution in [3.8, 4) is 44.5 Å². The second kappa shape index (κ2) is 14.8. The van der Waals surface area contributed by atoms with Crippen LogP contribution in [0.4, 0.5) is 0 Å². The Labute approximate surface area is 304 Å². The maximum absolute atomic E-state index is 5.35. The smallest absolute Gasteiger partial charge is 1.00 e. The average Bonchev–Trinajstić information content (AvgIpc) is 3.98. The van der Waals surface area contributed by atoms with E-state index in [-0.39, 0.29) is 26.5 Å². The molecule has 2 aliphatic heterocycles. The van der Waals surface area contributed by atoms with Crippen LogP contribution in [0.2, 0.25) is 0 Å². The number of nitrogens with one attached hydrogen (secondary N) is 2. The number of benzene rings is 4. The first-order chi connectivity index (χ1) is 23.8. The van der Waals surface area contributed by atoms with E-state index in [2.05, 4.69) is 156 Å². The molecule has 0 aliphatic carbocycles. The minimum atomic E-state index is 0. The summed E-state index contributed by atoms with van der Waals surface area (Å²) in [6.45, 7) is 0. The molecule has 0 atom stereocenters. The molecule has 0 spiro atoms. The molecule has 0 fully saturated rings. The molecular formula is C44H30F2MnN4. The molecule has 8 bridgehead atoms. The van der Waals surface area contributed by atoms with Gasteiger partial charge in [0.15, 0.2) is 0 Å². The number of halogens is 2. The third-order valence-electron chi connectivity index (χ3n) is 9.00. The van der Waals surface area contributed by atoms with Gasteiger partial charge in [-0.15, -0.1) is 0 Å². The number of aromatic nitrogens is 4. The Balaban J connectivity index is 0.00000149. The van der Waals surface area contributed by atoms with Gasteiger partial charge in [-0.05, 0) is 70.8 Å². The van der Waals surface area contributed by atoms with Gasteiger partial charge in [0.1, 0.15) is 0 Å². The fourth-order valence-corrected chi connectivity index (χ4v) is 6.84. The van der Waals surface area contributed by atoms with Gasteiger partial charge in [0, 0.05) is 44.3 Å². The minimum Gasteiger partial charge on any atom is -1.00 e. The van der Waals surface area contributed by atoms with Crippen LogP contribution in [0, 0.1) is 0 Å². The Morgan fingerprint density at radius 2 is 0.510 bits per heavy atom. The summed E-state index contributed by atoms with van der Waals surface area (Å²) < 4.78 is 0. The molecule has 1 radical (unpaired) electrons. The first kappa shape index (κ1) is 34.7. The molecule has 0 saturated carbocycles. The van der Waals surface area contributed by atoms with E-state index in [9.17, 15) is 0 Å². The summed E-state index contributed by atoms with van der Waals surface area (Å²) in [6, 6.07) is 50.7. The van der Waals surface area contributed by atoms with Gasteiger partial charge >= 0.3 is 17.1 Å². The van der Waals surface area contributed by atoms with Crippen LogP contribution < -0.4 is 9.41 Å². The summed E-state index contributed by atoms with van der Waals surface area (Å²) in [5, 5.41) is 0. The molecule has 3 aromatic heterocycles. The van der Waals surface area contributed by atoms with E-state index in [1.807, 2.05) is 24.3 Å². The number of hydrogen-bond donors (Lipinski definition) is 2. The topological polar surface area (TPSA) is 57.4 Å². The molecule has 4 aromatic carbocycles. The maximum atomic E-state index is 5.35. The van der Waals surface area contributed by atoms with Crippen LogP contribution in [0.15, 0.2) is 146 Å². The summed E-state index contributed by atoms with van der Waals surface area (Å²) in [4.78, 5) is 18.3. The monoisotopic (exact) mass is 707 g/mol. The Bertz CT molecular complexity index is 2190.